The minimum absolute atomic E-state index is 0.0953. The zero-order valence-electron chi connectivity index (χ0n) is 14.2. The third kappa shape index (κ3) is 2.35. The highest BCUT2D eigenvalue weighted by Crippen LogP contribution is 2.44. The van der Waals surface area contributed by atoms with E-state index in [4.69, 9.17) is 4.84 Å². The van der Waals surface area contributed by atoms with E-state index in [0.29, 0.717) is 31.5 Å². The van der Waals surface area contributed by atoms with E-state index in [2.05, 4.69) is 0 Å². The number of hydroxylamine groups is 2. The van der Waals surface area contributed by atoms with Gasteiger partial charge in [0.15, 0.2) is 0 Å². The molecule has 0 saturated carbocycles. The van der Waals surface area contributed by atoms with Crippen LogP contribution in [0.5, 0.6) is 0 Å². The van der Waals surface area contributed by atoms with Gasteiger partial charge in [0.05, 0.1) is 12.7 Å². The number of piperidine rings is 1. The summed E-state index contributed by atoms with van der Waals surface area (Å²) in [6.07, 6.45) is 1.34. The van der Waals surface area contributed by atoms with Gasteiger partial charge < -0.3 is 14.8 Å². The van der Waals surface area contributed by atoms with Crippen LogP contribution >= 0.6 is 0 Å². The van der Waals surface area contributed by atoms with Crippen molar-refractivity contribution in [3.8, 4) is 0 Å². The Bertz CT molecular complexity index is 673. The van der Waals surface area contributed by atoms with E-state index in [0.717, 1.165) is 16.7 Å². The normalized spacial score (nSPS) is 21.6. The van der Waals surface area contributed by atoms with Gasteiger partial charge >= 0.3 is 0 Å². The molecular formula is C18H24N2O3. The first kappa shape index (κ1) is 16.0. The smallest absolute Gasteiger partial charge is 0.258 e. The Balaban J connectivity index is 2.06. The third-order valence-corrected chi connectivity index (χ3v) is 5.31. The highest BCUT2D eigenvalue weighted by atomic mass is 16.7. The van der Waals surface area contributed by atoms with E-state index < -0.39 is 5.54 Å². The Morgan fingerprint density at radius 3 is 2.48 bits per heavy atom. The Morgan fingerprint density at radius 2 is 1.87 bits per heavy atom. The molecule has 0 radical (unpaired) electrons. The van der Waals surface area contributed by atoms with Crippen molar-refractivity contribution in [3.05, 3.63) is 40.6 Å². The van der Waals surface area contributed by atoms with Crippen molar-refractivity contribution >= 4 is 11.5 Å². The van der Waals surface area contributed by atoms with Crippen LogP contribution < -0.4 is 0 Å². The summed E-state index contributed by atoms with van der Waals surface area (Å²) in [4.78, 5) is 19.9. The molecule has 0 unspecified atom stereocenters. The van der Waals surface area contributed by atoms with Crippen LogP contribution in [0.2, 0.25) is 0 Å². The van der Waals surface area contributed by atoms with Gasteiger partial charge in [0.2, 0.25) is 0 Å². The number of carbonyl (C=O) groups excluding carboxylic acids is 1. The van der Waals surface area contributed by atoms with Crippen LogP contribution in [0.25, 0.3) is 5.57 Å². The number of aliphatic hydroxyl groups excluding tert-OH is 1. The molecule has 23 heavy (non-hydrogen) atoms. The molecular weight excluding hydrogens is 292 g/mol. The molecule has 1 aromatic carbocycles. The summed E-state index contributed by atoms with van der Waals surface area (Å²) in [6.45, 7) is 5.36. The number of benzene rings is 1. The number of carbonyl (C=O) groups is 1. The van der Waals surface area contributed by atoms with Crippen molar-refractivity contribution in [1.82, 2.24) is 9.96 Å². The Hall–Kier alpha value is -1.85. The molecule has 5 heteroatoms. The third-order valence-electron chi connectivity index (χ3n) is 5.31. The predicted molar refractivity (Wildman–Crippen MR) is 88.8 cm³/mol. The molecule has 0 aliphatic carbocycles. The first-order valence-electron chi connectivity index (χ1n) is 7.99. The molecule has 1 aromatic rings. The summed E-state index contributed by atoms with van der Waals surface area (Å²) in [5.41, 5.74) is 2.78. The number of hydrogen-bond acceptors (Lipinski definition) is 4. The van der Waals surface area contributed by atoms with E-state index in [1.807, 2.05) is 37.1 Å². The van der Waals surface area contributed by atoms with Crippen LogP contribution in [0.3, 0.4) is 0 Å². The van der Waals surface area contributed by atoms with E-state index >= 15 is 0 Å². The van der Waals surface area contributed by atoms with Gasteiger partial charge in [-0.3, -0.25) is 4.79 Å². The molecule has 0 bridgehead atoms. The number of amides is 1. The topological polar surface area (TPSA) is 53.0 Å². The molecule has 1 spiro atoms. The van der Waals surface area contributed by atoms with Gasteiger partial charge in [0, 0.05) is 20.1 Å². The highest BCUT2D eigenvalue weighted by molar-refractivity contribution is 6.23. The van der Waals surface area contributed by atoms with Crippen LogP contribution in [-0.4, -0.2) is 53.8 Å². The van der Waals surface area contributed by atoms with Crippen molar-refractivity contribution in [1.29, 1.82) is 0 Å². The van der Waals surface area contributed by atoms with Crippen LogP contribution in [0.4, 0.5) is 0 Å². The fourth-order valence-corrected chi connectivity index (χ4v) is 3.71. The monoisotopic (exact) mass is 316 g/mol. The lowest BCUT2D eigenvalue weighted by atomic mass is 9.85. The minimum Gasteiger partial charge on any atom is -0.509 e. The molecule has 1 amide bonds. The molecule has 0 atom stereocenters. The summed E-state index contributed by atoms with van der Waals surface area (Å²) in [5.74, 6) is 0.122. The number of nitrogens with zero attached hydrogens (tertiary/aromatic N) is 2. The zero-order chi connectivity index (χ0) is 16.8. The van der Waals surface area contributed by atoms with Gasteiger partial charge in [-0.2, -0.15) is 5.06 Å². The van der Waals surface area contributed by atoms with E-state index in [9.17, 15) is 9.90 Å². The Morgan fingerprint density at radius 1 is 1.22 bits per heavy atom. The summed E-state index contributed by atoms with van der Waals surface area (Å²) >= 11 is 0. The summed E-state index contributed by atoms with van der Waals surface area (Å²) in [7, 11) is 3.44. The van der Waals surface area contributed by atoms with Gasteiger partial charge in [-0.05, 0) is 37.8 Å². The van der Waals surface area contributed by atoms with Crippen LogP contribution in [0.1, 0.15) is 29.5 Å². The fraction of sp³-hybridized carbons (Fsp3) is 0.500. The number of aryl methyl sites for hydroxylation is 2. The van der Waals surface area contributed by atoms with E-state index in [1.54, 1.807) is 19.1 Å². The second kappa shape index (κ2) is 5.65. The first-order valence-corrected chi connectivity index (χ1v) is 7.99. The lowest BCUT2D eigenvalue weighted by Gasteiger charge is -2.42. The zero-order valence-corrected chi connectivity index (χ0v) is 14.2. The lowest BCUT2D eigenvalue weighted by molar-refractivity contribution is -0.162. The molecule has 3 rings (SSSR count). The Kier molecular flexibility index (Phi) is 3.94. The van der Waals surface area contributed by atoms with Crippen molar-refractivity contribution in [3.63, 3.8) is 0 Å². The van der Waals surface area contributed by atoms with Gasteiger partial charge in [0.25, 0.3) is 5.91 Å². The second-order valence-corrected chi connectivity index (χ2v) is 6.55. The molecule has 1 saturated heterocycles. The van der Waals surface area contributed by atoms with Crippen LogP contribution in [-0.2, 0) is 9.63 Å². The highest BCUT2D eigenvalue weighted by Gasteiger charge is 2.52. The molecule has 0 aromatic heterocycles. The summed E-state index contributed by atoms with van der Waals surface area (Å²) in [6, 6.07) is 6.00. The van der Waals surface area contributed by atoms with E-state index in [1.165, 1.54) is 0 Å². The largest absolute Gasteiger partial charge is 0.509 e. The lowest BCUT2D eigenvalue weighted by Crippen LogP contribution is -2.53. The van der Waals surface area contributed by atoms with Crippen molar-refractivity contribution < 1.29 is 14.7 Å². The summed E-state index contributed by atoms with van der Waals surface area (Å²) in [5, 5.41) is 12.9. The number of likely N-dealkylation sites (N-methyl/N-ethyl adjacent to an activating group) is 1. The maximum Gasteiger partial charge on any atom is 0.258 e. The molecule has 5 nitrogen and oxygen atoms in total. The van der Waals surface area contributed by atoms with Crippen molar-refractivity contribution in [2.75, 3.05) is 27.2 Å². The van der Waals surface area contributed by atoms with Gasteiger partial charge in [-0.15, -0.1) is 0 Å². The van der Waals surface area contributed by atoms with Crippen molar-refractivity contribution in [2.45, 2.75) is 32.2 Å². The van der Waals surface area contributed by atoms with Crippen LogP contribution in [0, 0.1) is 13.8 Å². The standard InChI is InChI=1S/C18H24N2O3/c1-12-5-6-13(2)14(11-12)15-16(21)18(19(3)17(15)22)7-9-20(23-4)10-8-18/h5-6,11,21H,7-10H2,1-4H3. The SMILES string of the molecule is CON1CCC2(CC1)C(O)=C(c1cc(C)ccc1C)C(=O)N2C. The molecule has 2 aliphatic rings. The van der Waals surface area contributed by atoms with Gasteiger partial charge in [-0.1, -0.05) is 23.8 Å². The number of aliphatic hydroxyl groups is 1. The van der Waals surface area contributed by atoms with Crippen molar-refractivity contribution in [2.24, 2.45) is 0 Å². The summed E-state index contributed by atoms with van der Waals surface area (Å²) < 4.78 is 0. The second-order valence-electron chi connectivity index (χ2n) is 6.55. The average molecular weight is 316 g/mol. The van der Waals surface area contributed by atoms with Gasteiger partial charge in [0.1, 0.15) is 11.3 Å². The fourth-order valence-electron chi connectivity index (χ4n) is 3.71. The molecule has 124 valence electrons. The first-order chi connectivity index (χ1) is 10.9. The Labute approximate surface area is 137 Å². The minimum atomic E-state index is -0.600. The maximum atomic E-state index is 12.9. The number of hydrogen-bond donors (Lipinski definition) is 1. The number of rotatable bonds is 2. The quantitative estimate of drug-likeness (QED) is 0.910. The molecule has 1 fully saturated rings. The van der Waals surface area contributed by atoms with Gasteiger partial charge in [-0.25, -0.2) is 0 Å². The molecule has 2 aliphatic heterocycles. The average Bonchev–Trinajstić information content (AvgIpc) is 2.73. The maximum absolute atomic E-state index is 12.9. The predicted octanol–water partition coefficient (Wildman–Crippen LogP) is 2.44. The van der Waals surface area contributed by atoms with E-state index in [-0.39, 0.29) is 11.7 Å². The molecule has 2 heterocycles. The molecule has 1 N–H and O–H groups in total. The van der Waals surface area contributed by atoms with Crippen LogP contribution in [0.15, 0.2) is 24.0 Å².